The summed E-state index contributed by atoms with van der Waals surface area (Å²) in [6, 6.07) is 2.14. The standard InChI is InChI=1S/C7H6N2S/c8-3-6-4-10-9-7(6)5-1-2-5/h4-5H,1-2H2. The lowest BCUT2D eigenvalue weighted by Gasteiger charge is -1.86. The van der Waals surface area contributed by atoms with Gasteiger partial charge in [0.2, 0.25) is 0 Å². The quantitative estimate of drug-likeness (QED) is 0.613. The molecular formula is C7H6N2S. The highest BCUT2D eigenvalue weighted by Crippen LogP contribution is 2.41. The lowest BCUT2D eigenvalue weighted by Crippen LogP contribution is -1.81. The van der Waals surface area contributed by atoms with Gasteiger partial charge < -0.3 is 0 Å². The SMILES string of the molecule is N#Cc1csnc1C1CC1. The Morgan fingerprint density at radius 3 is 3.10 bits per heavy atom. The van der Waals surface area contributed by atoms with Crippen molar-refractivity contribution in [2.24, 2.45) is 0 Å². The molecule has 0 saturated heterocycles. The fourth-order valence-corrected chi connectivity index (χ4v) is 1.67. The van der Waals surface area contributed by atoms with Crippen LogP contribution in [0.15, 0.2) is 5.38 Å². The summed E-state index contributed by atoms with van der Waals surface area (Å²) in [4.78, 5) is 0. The van der Waals surface area contributed by atoms with E-state index in [1.54, 1.807) is 0 Å². The van der Waals surface area contributed by atoms with E-state index in [0.29, 0.717) is 5.92 Å². The zero-order chi connectivity index (χ0) is 6.97. The van der Waals surface area contributed by atoms with Crippen molar-refractivity contribution >= 4 is 11.5 Å². The van der Waals surface area contributed by atoms with Crippen molar-refractivity contribution in [1.29, 1.82) is 5.26 Å². The third kappa shape index (κ3) is 0.812. The molecule has 1 aliphatic carbocycles. The highest BCUT2D eigenvalue weighted by Gasteiger charge is 2.28. The molecule has 0 aliphatic heterocycles. The Labute approximate surface area is 63.3 Å². The zero-order valence-electron chi connectivity index (χ0n) is 5.37. The number of hydrogen-bond acceptors (Lipinski definition) is 3. The van der Waals surface area contributed by atoms with Crippen LogP contribution < -0.4 is 0 Å². The molecule has 10 heavy (non-hydrogen) atoms. The average Bonchev–Trinajstić information content (AvgIpc) is 2.69. The van der Waals surface area contributed by atoms with Gasteiger partial charge in [-0.15, -0.1) is 0 Å². The van der Waals surface area contributed by atoms with Crippen LogP contribution in [0.1, 0.15) is 30.0 Å². The lowest BCUT2D eigenvalue weighted by molar-refractivity contribution is 1.06. The Morgan fingerprint density at radius 1 is 1.70 bits per heavy atom. The second-order valence-corrected chi connectivity index (χ2v) is 3.13. The molecule has 0 spiro atoms. The minimum absolute atomic E-state index is 0.612. The van der Waals surface area contributed by atoms with E-state index in [2.05, 4.69) is 10.4 Å². The van der Waals surface area contributed by atoms with Gasteiger partial charge in [0.1, 0.15) is 6.07 Å². The van der Waals surface area contributed by atoms with Gasteiger partial charge >= 0.3 is 0 Å². The molecular weight excluding hydrogens is 144 g/mol. The van der Waals surface area contributed by atoms with Crippen molar-refractivity contribution in [3.05, 3.63) is 16.6 Å². The van der Waals surface area contributed by atoms with Crippen LogP contribution in [0, 0.1) is 11.3 Å². The molecule has 2 rings (SSSR count). The minimum Gasteiger partial charge on any atom is -0.196 e. The second kappa shape index (κ2) is 2.06. The number of rotatable bonds is 1. The zero-order valence-corrected chi connectivity index (χ0v) is 6.19. The molecule has 0 amide bonds. The molecule has 1 aliphatic rings. The highest BCUT2D eigenvalue weighted by atomic mass is 32.1. The smallest absolute Gasteiger partial charge is 0.102 e. The van der Waals surface area contributed by atoms with Crippen molar-refractivity contribution < 1.29 is 0 Å². The van der Waals surface area contributed by atoms with Crippen molar-refractivity contribution in [3.63, 3.8) is 0 Å². The highest BCUT2D eigenvalue weighted by molar-refractivity contribution is 7.03. The molecule has 1 saturated carbocycles. The van der Waals surface area contributed by atoms with Gasteiger partial charge in [0.25, 0.3) is 0 Å². The summed E-state index contributed by atoms with van der Waals surface area (Å²) in [5.41, 5.74) is 1.82. The van der Waals surface area contributed by atoms with Crippen LogP contribution in [0.2, 0.25) is 0 Å². The Bertz CT molecular complexity index is 280. The maximum absolute atomic E-state index is 8.60. The van der Waals surface area contributed by atoms with Crippen molar-refractivity contribution in [2.75, 3.05) is 0 Å². The first-order valence-electron chi connectivity index (χ1n) is 3.26. The monoisotopic (exact) mass is 150 g/mol. The summed E-state index contributed by atoms with van der Waals surface area (Å²) in [6.07, 6.45) is 2.44. The molecule has 2 nitrogen and oxygen atoms in total. The van der Waals surface area contributed by atoms with Gasteiger partial charge in [0, 0.05) is 11.3 Å². The normalized spacial score (nSPS) is 16.7. The van der Waals surface area contributed by atoms with Gasteiger partial charge in [-0.3, -0.25) is 0 Å². The maximum Gasteiger partial charge on any atom is 0.102 e. The molecule has 0 radical (unpaired) electrons. The molecule has 0 unspecified atom stereocenters. The van der Waals surface area contributed by atoms with E-state index in [9.17, 15) is 0 Å². The first kappa shape index (κ1) is 5.87. The molecule has 0 aromatic carbocycles. The van der Waals surface area contributed by atoms with Crippen LogP contribution in [0.4, 0.5) is 0 Å². The molecule has 0 bridgehead atoms. The summed E-state index contributed by atoms with van der Waals surface area (Å²) in [5, 5.41) is 10.4. The molecule has 0 N–H and O–H groups in total. The van der Waals surface area contributed by atoms with Crippen LogP contribution in [0.25, 0.3) is 0 Å². The Hall–Kier alpha value is -0.880. The van der Waals surface area contributed by atoms with E-state index < -0.39 is 0 Å². The van der Waals surface area contributed by atoms with E-state index in [1.165, 1.54) is 24.4 Å². The van der Waals surface area contributed by atoms with Crippen LogP contribution in [0.3, 0.4) is 0 Å². The van der Waals surface area contributed by atoms with E-state index in [4.69, 9.17) is 5.26 Å². The van der Waals surface area contributed by atoms with Gasteiger partial charge in [-0.1, -0.05) is 0 Å². The van der Waals surface area contributed by atoms with Gasteiger partial charge in [-0.05, 0) is 24.4 Å². The molecule has 1 aromatic heterocycles. The van der Waals surface area contributed by atoms with Crippen LogP contribution in [-0.4, -0.2) is 4.37 Å². The number of aromatic nitrogens is 1. The predicted octanol–water partition coefficient (Wildman–Crippen LogP) is 1.89. The fraction of sp³-hybridized carbons (Fsp3) is 0.429. The average molecular weight is 150 g/mol. The summed E-state index contributed by atoms with van der Waals surface area (Å²) in [5.74, 6) is 0.612. The lowest BCUT2D eigenvalue weighted by atomic mass is 10.2. The molecule has 1 fully saturated rings. The topological polar surface area (TPSA) is 36.7 Å². The number of nitrogens with zero attached hydrogens (tertiary/aromatic N) is 2. The molecule has 1 heterocycles. The predicted molar refractivity (Wildman–Crippen MR) is 38.8 cm³/mol. The molecule has 50 valence electrons. The van der Waals surface area contributed by atoms with Gasteiger partial charge in [-0.25, -0.2) is 0 Å². The number of hydrogen-bond donors (Lipinski definition) is 0. The summed E-state index contributed by atoms with van der Waals surface area (Å²) in [7, 11) is 0. The molecule has 3 heteroatoms. The largest absolute Gasteiger partial charge is 0.196 e. The van der Waals surface area contributed by atoms with E-state index in [0.717, 1.165) is 11.3 Å². The van der Waals surface area contributed by atoms with Crippen molar-refractivity contribution in [3.8, 4) is 6.07 Å². The third-order valence-corrected chi connectivity index (χ3v) is 2.33. The van der Waals surface area contributed by atoms with Gasteiger partial charge in [0.05, 0.1) is 11.3 Å². The summed E-state index contributed by atoms with van der Waals surface area (Å²) in [6.45, 7) is 0. The second-order valence-electron chi connectivity index (χ2n) is 2.50. The van der Waals surface area contributed by atoms with E-state index in [1.807, 2.05) is 5.38 Å². The number of nitriles is 1. The minimum atomic E-state index is 0.612. The first-order chi connectivity index (χ1) is 4.92. The maximum atomic E-state index is 8.60. The third-order valence-electron chi connectivity index (χ3n) is 1.68. The first-order valence-corrected chi connectivity index (χ1v) is 4.10. The Kier molecular flexibility index (Phi) is 1.21. The molecule has 1 aromatic rings. The van der Waals surface area contributed by atoms with Crippen LogP contribution >= 0.6 is 11.5 Å². The van der Waals surface area contributed by atoms with Crippen molar-refractivity contribution in [1.82, 2.24) is 4.37 Å². The van der Waals surface area contributed by atoms with E-state index in [-0.39, 0.29) is 0 Å². The Balaban J connectivity index is 2.40. The van der Waals surface area contributed by atoms with E-state index >= 15 is 0 Å². The van der Waals surface area contributed by atoms with Crippen LogP contribution in [-0.2, 0) is 0 Å². The fourth-order valence-electron chi connectivity index (χ4n) is 0.980. The Morgan fingerprint density at radius 2 is 2.50 bits per heavy atom. The summed E-state index contributed by atoms with van der Waals surface area (Å²) >= 11 is 1.39. The summed E-state index contributed by atoms with van der Waals surface area (Å²) < 4.78 is 4.17. The van der Waals surface area contributed by atoms with Crippen molar-refractivity contribution in [2.45, 2.75) is 18.8 Å². The van der Waals surface area contributed by atoms with Gasteiger partial charge in [-0.2, -0.15) is 9.64 Å². The molecule has 0 atom stereocenters. The van der Waals surface area contributed by atoms with Gasteiger partial charge in [0.15, 0.2) is 0 Å². The van der Waals surface area contributed by atoms with Crippen LogP contribution in [0.5, 0.6) is 0 Å².